The van der Waals surface area contributed by atoms with Crippen molar-refractivity contribution in [3.8, 4) is 28.8 Å². The summed E-state index contributed by atoms with van der Waals surface area (Å²) in [5, 5.41) is 18.9. The molecule has 0 aliphatic heterocycles. The number of H-pyrrole nitrogens is 1. The molecule has 5 nitrogen and oxygen atoms in total. The Hall–Kier alpha value is -3.05. The molecule has 1 N–H and O–H groups in total. The Kier molecular flexibility index (Phi) is 4.33. The van der Waals surface area contributed by atoms with Crippen LogP contribution in [0.15, 0.2) is 42.5 Å². The van der Waals surface area contributed by atoms with Crippen molar-refractivity contribution in [3.05, 3.63) is 58.7 Å². The molecule has 126 valence electrons. The molecule has 2 aromatic carbocycles. The van der Waals surface area contributed by atoms with Gasteiger partial charge in [-0.1, -0.05) is 22.9 Å². The minimum absolute atomic E-state index is 0.00336. The second-order valence-electron chi connectivity index (χ2n) is 4.92. The maximum absolute atomic E-state index is 12.7. The summed E-state index contributed by atoms with van der Waals surface area (Å²) in [5.41, 5.74) is 0.184. The maximum atomic E-state index is 12.7. The van der Waals surface area contributed by atoms with Gasteiger partial charge < -0.3 is 4.74 Å². The van der Waals surface area contributed by atoms with E-state index in [4.69, 9.17) is 21.6 Å². The SMILES string of the molecule is N#Cc1[nH]nnc1-c1ccc(Oc2cccc(C(F)(F)F)c2)c(Cl)c1. The molecule has 1 heterocycles. The van der Waals surface area contributed by atoms with E-state index in [0.29, 0.717) is 11.3 Å². The summed E-state index contributed by atoms with van der Waals surface area (Å²) in [6.45, 7) is 0. The van der Waals surface area contributed by atoms with E-state index in [9.17, 15) is 13.2 Å². The van der Waals surface area contributed by atoms with Crippen molar-refractivity contribution < 1.29 is 17.9 Å². The van der Waals surface area contributed by atoms with Gasteiger partial charge in [-0.05, 0) is 36.4 Å². The molecule has 0 fully saturated rings. The molecule has 0 atom stereocenters. The number of benzene rings is 2. The molecule has 0 aliphatic carbocycles. The number of hydrogen-bond acceptors (Lipinski definition) is 4. The van der Waals surface area contributed by atoms with E-state index < -0.39 is 11.7 Å². The second-order valence-corrected chi connectivity index (χ2v) is 5.33. The number of halogens is 4. The van der Waals surface area contributed by atoms with Gasteiger partial charge in [0, 0.05) is 5.56 Å². The van der Waals surface area contributed by atoms with Crippen LogP contribution in [0, 0.1) is 11.3 Å². The van der Waals surface area contributed by atoms with E-state index in [2.05, 4.69) is 15.4 Å². The summed E-state index contributed by atoms with van der Waals surface area (Å²) < 4.78 is 43.7. The van der Waals surface area contributed by atoms with Crippen molar-refractivity contribution in [1.82, 2.24) is 15.4 Å². The minimum atomic E-state index is -4.46. The van der Waals surface area contributed by atoms with E-state index in [1.807, 2.05) is 6.07 Å². The van der Waals surface area contributed by atoms with Crippen LogP contribution in [-0.4, -0.2) is 15.4 Å². The van der Waals surface area contributed by atoms with Crippen molar-refractivity contribution in [2.45, 2.75) is 6.18 Å². The zero-order valence-electron chi connectivity index (χ0n) is 12.3. The van der Waals surface area contributed by atoms with Gasteiger partial charge in [0.05, 0.1) is 10.6 Å². The van der Waals surface area contributed by atoms with Crippen molar-refractivity contribution >= 4 is 11.6 Å². The number of rotatable bonds is 3. The molecule has 9 heteroatoms. The molecule has 0 amide bonds. The van der Waals surface area contributed by atoms with Gasteiger partial charge in [-0.3, -0.25) is 0 Å². The van der Waals surface area contributed by atoms with Crippen molar-refractivity contribution in [3.63, 3.8) is 0 Å². The quantitative estimate of drug-likeness (QED) is 0.723. The summed E-state index contributed by atoms with van der Waals surface area (Å²) in [7, 11) is 0. The van der Waals surface area contributed by atoms with Gasteiger partial charge >= 0.3 is 6.18 Å². The van der Waals surface area contributed by atoms with Crippen LogP contribution in [0.2, 0.25) is 5.02 Å². The van der Waals surface area contributed by atoms with E-state index in [0.717, 1.165) is 12.1 Å². The lowest BCUT2D eigenvalue weighted by atomic mass is 10.1. The Bertz CT molecular complexity index is 962. The normalized spacial score (nSPS) is 11.2. The highest BCUT2D eigenvalue weighted by molar-refractivity contribution is 6.32. The fourth-order valence-electron chi connectivity index (χ4n) is 2.10. The Labute approximate surface area is 144 Å². The van der Waals surface area contributed by atoms with Gasteiger partial charge in [0.15, 0.2) is 5.69 Å². The van der Waals surface area contributed by atoms with E-state index in [-0.39, 0.29) is 22.2 Å². The Balaban J connectivity index is 1.89. The monoisotopic (exact) mass is 364 g/mol. The summed E-state index contributed by atoms with van der Waals surface area (Å²) in [6.07, 6.45) is -4.46. The fourth-order valence-corrected chi connectivity index (χ4v) is 2.32. The lowest BCUT2D eigenvalue weighted by Gasteiger charge is -2.11. The van der Waals surface area contributed by atoms with Crippen LogP contribution in [0.4, 0.5) is 13.2 Å². The largest absolute Gasteiger partial charge is 0.456 e. The molecule has 0 saturated carbocycles. The van der Waals surface area contributed by atoms with Crippen molar-refractivity contribution in [1.29, 1.82) is 5.26 Å². The third kappa shape index (κ3) is 3.56. The number of alkyl halides is 3. The summed E-state index contributed by atoms with van der Waals surface area (Å²) in [6, 6.07) is 10.9. The fraction of sp³-hybridized carbons (Fsp3) is 0.0625. The van der Waals surface area contributed by atoms with Crippen molar-refractivity contribution in [2.75, 3.05) is 0 Å². The molecule has 0 aliphatic rings. The number of aromatic amines is 1. The van der Waals surface area contributed by atoms with Crippen LogP contribution in [0.5, 0.6) is 11.5 Å². The lowest BCUT2D eigenvalue weighted by Crippen LogP contribution is -2.04. The first-order valence-corrected chi connectivity index (χ1v) is 7.22. The molecule has 1 aromatic heterocycles. The predicted molar refractivity (Wildman–Crippen MR) is 83.1 cm³/mol. The van der Waals surface area contributed by atoms with Gasteiger partial charge in [-0.15, -0.1) is 5.10 Å². The van der Waals surface area contributed by atoms with E-state index in [1.54, 1.807) is 6.07 Å². The summed E-state index contributed by atoms with van der Waals surface area (Å²) in [4.78, 5) is 0. The zero-order chi connectivity index (χ0) is 18.0. The molecule has 25 heavy (non-hydrogen) atoms. The Morgan fingerprint density at radius 1 is 1.16 bits per heavy atom. The standard InChI is InChI=1S/C16H8ClF3N4O/c17-12-6-9(15-13(8-21)22-24-23-15)4-5-14(12)25-11-3-1-2-10(7-11)16(18,19)20/h1-7H,(H,22,23,24). The first-order chi connectivity index (χ1) is 11.9. The van der Waals surface area contributed by atoms with Crippen LogP contribution in [0.1, 0.15) is 11.3 Å². The zero-order valence-corrected chi connectivity index (χ0v) is 13.1. The third-order valence-electron chi connectivity index (χ3n) is 3.25. The van der Waals surface area contributed by atoms with Gasteiger partial charge in [0.25, 0.3) is 0 Å². The van der Waals surface area contributed by atoms with Gasteiger partial charge in [-0.2, -0.15) is 18.4 Å². The highest BCUT2D eigenvalue weighted by Gasteiger charge is 2.30. The number of ether oxygens (including phenoxy) is 1. The highest BCUT2D eigenvalue weighted by Crippen LogP contribution is 2.36. The number of aromatic nitrogens is 3. The average Bonchev–Trinajstić information content (AvgIpc) is 3.05. The molecule has 3 aromatic rings. The maximum Gasteiger partial charge on any atom is 0.416 e. The van der Waals surface area contributed by atoms with Gasteiger partial charge in [0.2, 0.25) is 0 Å². The number of hydrogen-bond donors (Lipinski definition) is 1. The summed E-state index contributed by atoms with van der Waals surface area (Å²) in [5.74, 6) is 0.176. The number of nitrogens with one attached hydrogen (secondary N) is 1. The molecule has 3 rings (SSSR count). The van der Waals surface area contributed by atoms with Crippen LogP contribution in [0.3, 0.4) is 0 Å². The first-order valence-electron chi connectivity index (χ1n) is 6.84. The molecule has 0 saturated heterocycles. The second kappa shape index (κ2) is 6.45. The molecule has 0 radical (unpaired) electrons. The van der Waals surface area contributed by atoms with E-state index >= 15 is 0 Å². The average molecular weight is 365 g/mol. The topological polar surface area (TPSA) is 74.6 Å². The minimum Gasteiger partial charge on any atom is -0.456 e. The summed E-state index contributed by atoms with van der Waals surface area (Å²) >= 11 is 6.13. The van der Waals surface area contributed by atoms with Crippen molar-refractivity contribution in [2.24, 2.45) is 0 Å². The van der Waals surface area contributed by atoms with Crippen LogP contribution < -0.4 is 4.74 Å². The smallest absolute Gasteiger partial charge is 0.416 e. The van der Waals surface area contributed by atoms with Crippen LogP contribution in [-0.2, 0) is 6.18 Å². The number of nitrogens with zero attached hydrogens (tertiary/aromatic N) is 3. The molecule has 0 spiro atoms. The van der Waals surface area contributed by atoms with E-state index in [1.165, 1.54) is 24.3 Å². The molecule has 0 bridgehead atoms. The van der Waals surface area contributed by atoms with Gasteiger partial charge in [0.1, 0.15) is 23.3 Å². The molecular weight excluding hydrogens is 357 g/mol. The lowest BCUT2D eigenvalue weighted by molar-refractivity contribution is -0.137. The Morgan fingerprint density at radius 3 is 2.64 bits per heavy atom. The molecule has 0 unspecified atom stereocenters. The van der Waals surface area contributed by atoms with Crippen LogP contribution >= 0.6 is 11.6 Å². The highest BCUT2D eigenvalue weighted by atomic mass is 35.5. The molecular formula is C16H8ClF3N4O. The third-order valence-corrected chi connectivity index (χ3v) is 3.55. The number of nitriles is 1. The Morgan fingerprint density at radius 2 is 1.96 bits per heavy atom. The first kappa shape index (κ1) is 16.8. The van der Waals surface area contributed by atoms with Crippen LogP contribution in [0.25, 0.3) is 11.3 Å². The predicted octanol–water partition coefficient (Wildman–Crippen LogP) is 4.81. The van der Waals surface area contributed by atoms with Gasteiger partial charge in [-0.25, -0.2) is 5.10 Å².